The van der Waals surface area contributed by atoms with Gasteiger partial charge in [-0.05, 0) is 37.6 Å². The van der Waals surface area contributed by atoms with Crippen LogP contribution >= 0.6 is 0 Å². The summed E-state index contributed by atoms with van der Waals surface area (Å²) in [6.07, 6.45) is 1.62. The van der Waals surface area contributed by atoms with Gasteiger partial charge in [0.15, 0.2) is 0 Å². The zero-order valence-electron chi connectivity index (χ0n) is 11.2. The van der Waals surface area contributed by atoms with Crippen LogP contribution in [0.5, 0.6) is 11.6 Å². The molecule has 2 rings (SSSR count). The van der Waals surface area contributed by atoms with Crippen molar-refractivity contribution in [2.75, 3.05) is 0 Å². The van der Waals surface area contributed by atoms with Crippen molar-refractivity contribution in [3.8, 4) is 11.6 Å². The molecule has 1 atom stereocenters. The fraction of sp³-hybridized carbons (Fsp3) is 0.214. The molecule has 0 amide bonds. The Kier molecular flexibility index (Phi) is 3.95. The van der Waals surface area contributed by atoms with Gasteiger partial charge in [-0.25, -0.2) is 4.98 Å². The van der Waals surface area contributed by atoms with Gasteiger partial charge in [0.25, 0.3) is 5.69 Å². The van der Waals surface area contributed by atoms with Gasteiger partial charge in [-0.3, -0.25) is 10.1 Å². The van der Waals surface area contributed by atoms with Crippen LogP contribution in [-0.4, -0.2) is 9.91 Å². The van der Waals surface area contributed by atoms with Crippen molar-refractivity contribution >= 4 is 5.69 Å². The highest BCUT2D eigenvalue weighted by molar-refractivity contribution is 5.45. The topological polar surface area (TPSA) is 91.3 Å². The summed E-state index contributed by atoms with van der Waals surface area (Å²) in [5.41, 5.74) is 7.31. The molecule has 104 valence electrons. The van der Waals surface area contributed by atoms with Crippen molar-refractivity contribution < 1.29 is 9.66 Å². The van der Waals surface area contributed by atoms with Crippen LogP contribution < -0.4 is 10.5 Å². The second kappa shape index (κ2) is 5.66. The standard InChI is InChI=1S/C14H15N3O3/c1-9-7-12(3-4-13(9)17(18)19)20-14-8-11(10(2)15)5-6-16-14/h3-8,10H,15H2,1-2H3. The van der Waals surface area contributed by atoms with Crippen LogP contribution in [0.2, 0.25) is 0 Å². The van der Waals surface area contributed by atoms with Crippen LogP contribution in [0, 0.1) is 17.0 Å². The minimum absolute atomic E-state index is 0.0645. The van der Waals surface area contributed by atoms with Gasteiger partial charge in [-0.1, -0.05) is 0 Å². The van der Waals surface area contributed by atoms with Crippen molar-refractivity contribution in [3.63, 3.8) is 0 Å². The van der Waals surface area contributed by atoms with Crippen LogP contribution in [0.4, 0.5) is 5.69 Å². The maximum atomic E-state index is 10.7. The highest BCUT2D eigenvalue weighted by atomic mass is 16.6. The Labute approximate surface area is 116 Å². The summed E-state index contributed by atoms with van der Waals surface area (Å²) >= 11 is 0. The lowest BCUT2D eigenvalue weighted by Crippen LogP contribution is -2.05. The molecule has 20 heavy (non-hydrogen) atoms. The normalized spacial score (nSPS) is 11.9. The zero-order chi connectivity index (χ0) is 14.7. The summed E-state index contributed by atoms with van der Waals surface area (Å²) in [6, 6.07) is 8.03. The number of hydrogen-bond donors (Lipinski definition) is 1. The average Bonchev–Trinajstić information content (AvgIpc) is 2.38. The number of rotatable bonds is 4. The monoisotopic (exact) mass is 273 g/mol. The number of benzene rings is 1. The van der Waals surface area contributed by atoms with Gasteiger partial charge >= 0.3 is 0 Å². The third-order valence-electron chi connectivity index (χ3n) is 2.87. The van der Waals surface area contributed by atoms with Gasteiger partial charge < -0.3 is 10.5 Å². The molecule has 0 saturated heterocycles. The molecule has 0 saturated carbocycles. The molecule has 0 radical (unpaired) electrons. The Hall–Kier alpha value is -2.47. The summed E-state index contributed by atoms with van der Waals surface area (Å²) in [5.74, 6) is 0.912. The number of aryl methyl sites for hydroxylation is 1. The lowest BCUT2D eigenvalue weighted by molar-refractivity contribution is -0.385. The molecule has 1 aromatic heterocycles. The molecule has 0 fully saturated rings. The number of nitrogens with zero attached hydrogens (tertiary/aromatic N) is 2. The third-order valence-corrected chi connectivity index (χ3v) is 2.87. The van der Waals surface area contributed by atoms with E-state index in [4.69, 9.17) is 10.5 Å². The molecule has 2 aromatic rings. The van der Waals surface area contributed by atoms with Crippen LogP contribution in [0.15, 0.2) is 36.5 Å². The molecule has 2 N–H and O–H groups in total. The second-order valence-electron chi connectivity index (χ2n) is 4.52. The van der Waals surface area contributed by atoms with Gasteiger partial charge in [0.05, 0.1) is 4.92 Å². The van der Waals surface area contributed by atoms with Crippen LogP contribution in [-0.2, 0) is 0 Å². The largest absolute Gasteiger partial charge is 0.439 e. The number of pyridine rings is 1. The lowest BCUT2D eigenvalue weighted by atomic mass is 10.1. The zero-order valence-corrected chi connectivity index (χ0v) is 11.2. The number of nitro benzene ring substituents is 1. The summed E-state index contributed by atoms with van der Waals surface area (Å²) in [6.45, 7) is 3.53. The Balaban J connectivity index is 2.24. The number of hydrogen-bond acceptors (Lipinski definition) is 5. The molecule has 1 aromatic carbocycles. The van der Waals surface area contributed by atoms with Crippen molar-refractivity contribution in [1.82, 2.24) is 4.98 Å². The quantitative estimate of drug-likeness (QED) is 0.682. The Morgan fingerprint density at radius 1 is 1.35 bits per heavy atom. The average molecular weight is 273 g/mol. The molecule has 0 spiro atoms. The summed E-state index contributed by atoms with van der Waals surface area (Å²) in [7, 11) is 0. The summed E-state index contributed by atoms with van der Waals surface area (Å²) < 4.78 is 5.60. The molecular weight excluding hydrogens is 258 g/mol. The van der Waals surface area contributed by atoms with E-state index in [1.54, 1.807) is 31.3 Å². The first-order valence-electron chi connectivity index (χ1n) is 6.12. The van der Waals surface area contributed by atoms with Gasteiger partial charge in [0, 0.05) is 29.9 Å². The highest BCUT2D eigenvalue weighted by Crippen LogP contribution is 2.27. The van der Waals surface area contributed by atoms with Gasteiger partial charge in [0.1, 0.15) is 5.75 Å². The fourth-order valence-corrected chi connectivity index (χ4v) is 1.78. The molecule has 0 aliphatic carbocycles. The molecule has 1 unspecified atom stereocenters. The Morgan fingerprint density at radius 2 is 2.10 bits per heavy atom. The maximum absolute atomic E-state index is 10.7. The van der Waals surface area contributed by atoms with E-state index >= 15 is 0 Å². The van der Waals surface area contributed by atoms with E-state index in [1.807, 2.05) is 13.0 Å². The van der Waals surface area contributed by atoms with Crippen molar-refractivity contribution in [1.29, 1.82) is 0 Å². The maximum Gasteiger partial charge on any atom is 0.272 e. The molecule has 0 aliphatic heterocycles. The van der Waals surface area contributed by atoms with Crippen LogP contribution in [0.3, 0.4) is 0 Å². The van der Waals surface area contributed by atoms with E-state index in [9.17, 15) is 10.1 Å². The Bertz CT molecular complexity index is 641. The third kappa shape index (κ3) is 3.10. The van der Waals surface area contributed by atoms with E-state index in [1.165, 1.54) is 6.07 Å². The molecule has 6 heteroatoms. The SMILES string of the molecule is Cc1cc(Oc2cc(C(C)N)ccn2)ccc1[N+](=O)[O-]. The van der Waals surface area contributed by atoms with Gasteiger partial charge in [0.2, 0.25) is 5.88 Å². The highest BCUT2D eigenvalue weighted by Gasteiger charge is 2.11. The predicted octanol–water partition coefficient (Wildman–Crippen LogP) is 3.11. The molecule has 0 aliphatic rings. The number of nitrogens with two attached hydrogens (primary N) is 1. The van der Waals surface area contributed by atoms with E-state index < -0.39 is 4.92 Å². The first kappa shape index (κ1) is 14.0. The number of nitro groups is 1. The lowest BCUT2D eigenvalue weighted by Gasteiger charge is -2.09. The first-order valence-corrected chi connectivity index (χ1v) is 6.12. The molecule has 1 heterocycles. The van der Waals surface area contributed by atoms with Crippen LogP contribution in [0.25, 0.3) is 0 Å². The first-order chi connectivity index (χ1) is 9.47. The minimum Gasteiger partial charge on any atom is -0.439 e. The van der Waals surface area contributed by atoms with E-state index in [0.717, 1.165) is 5.56 Å². The predicted molar refractivity (Wildman–Crippen MR) is 74.7 cm³/mol. The van der Waals surface area contributed by atoms with Gasteiger partial charge in [-0.2, -0.15) is 0 Å². The number of aromatic nitrogens is 1. The van der Waals surface area contributed by atoms with Crippen LogP contribution in [0.1, 0.15) is 24.1 Å². The smallest absolute Gasteiger partial charge is 0.272 e. The molecule has 6 nitrogen and oxygen atoms in total. The Morgan fingerprint density at radius 3 is 2.70 bits per heavy atom. The summed E-state index contributed by atoms with van der Waals surface area (Å²) in [4.78, 5) is 14.4. The van der Waals surface area contributed by atoms with Crippen molar-refractivity contribution in [2.24, 2.45) is 5.73 Å². The summed E-state index contributed by atoms with van der Waals surface area (Å²) in [5, 5.41) is 10.7. The van der Waals surface area contributed by atoms with E-state index in [-0.39, 0.29) is 11.7 Å². The number of ether oxygens (including phenoxy) is 1. The minimum atomic E-state index is -0.423. The van der Waals surface area contributed by atoms with Crippen molar-refractivity contribution in [2.45, 2.75) is 19.9 Å². The van der Waals surface area contributed by atoms with Crippen molar-refractivity contribution in [3.05, 3.63) is 57.8 Å². The molecular formula is C14H15N3O3. The van der Waals surface area contributed by atoms with E-state index in [2.05, 4.69) is 4.98 Å². The van der Waals surface area contributed by atoms with Gasteiger partial charge in [-0.15, -0.1) is 0 Å². The second-order valence-corrected chi connectivity index (χ2v) is 4.52. The van der Waals surface area contributed by atoms with E-state index in [0.29, 0.717) is 17.2 Å². The molecule has 0 bridgehead atoms. The fourth-order valence-electron chi connectivity index (χ4n) is 1.78.